The van der Waals surface area contributed by atoms with Crippen LogP contribution in [0.2, 0.25) is 0 Å². The zero-order valence-electron chi connectivity index (χ0n) is 17.8. The van der Waals surface area contributed by atoms with E-state index in [1.165, 1.54) is 12.1 Å². The molecule has 0 aliphatic carbocycles. The number of benzene rings is 2. The highest BCUT2D eigenvalue weighted by Gasteiger charge is 2.19. The number of para-hydroxylation sites is 1. The molecule has 1 fully saturated rings. The first-order chi connectivity index (χ1) is 15.1. The molecule has 0 unspecified atom stereocenters. The number of ether oxygens (including phenoxy) is 1. The highest BCUT2D eigenvalue weighted by atomic mass is 19.1. The predicted octanol–water partition coefficient (Wildman–Crippen LogP) is 4.04. The van der Waals surface area contributed by atoms with Crippen molar-refractivity contribution in [2.45, 2.75) is 13.3 Å². The van der Waals surface area contributed by atoms with Crippen LogP contribution in [0.1, 0.15) is 22.5 Å². The number of nitrogens with zero attached hydrogens (tertiary/aromatic N) is 2. The number of nitrogens with one attached hydrogen (secondary N) is 1. The summed E-state index contributed by atoms with van der Waals surface area (Å²) in [5.41, 5.74) is 4.18. The largest absolute Gasteiger partial charge is 0.379 e. The van der Waals surface area contributed by atoms with Crippen molar-refractivity contribution in [2.75, 3.05) is 39.4 Å². The summed E-state index contributed by atoms with van der Waals surface area (Å²) in [6.45, 7) is 6.99. The standard InChI is InChI=1S/C25H28FN3O2/c1-19-23(25(30)27-12-5-13-28-14-16-31-17-15-28)18-24(20-8-10-21(26)11-9-20)29(19)22-6-3-2-4-7-22/h2-4,6-11,18H,5,12-17H2,1H3,(H,27,30). The van der Waals surface area contributed by atoms with Gasteiger partial charge in [-0.1, -0.05) is 18.2 Å². The van der Waals surface area contributed by atoms with Crippen LogP contribution in [0.5, 0.6) is 0 Å². The molecular formula is C25H28FN3O2. The van der Waals surface area contributed by atoms with Gasteiger partial charge in [0.05, 0.1) is 24.5 Å². The molecule has 0 atom stereocenters. The number of aromatic nitrogens is 1. The SMILES string of the molecule is Cc1c(C(=O)NCCCN2CCOCC2)cc(-c2ccc(F)cc2)n1-c1ccccc1. The lowest BCUT2D eigenvalue weighted by Gasteiger charge is -2.26. The van der Waals surface area contributed by atoms with E-state index in [1.807, 2.05) is 43.3 Å². The van der Waals surface area contributed by atoms with Gasteiger partial charge in [0.2, 0.25) is 0 Å². The molecular weight excluding hydrogens is 393 g/mol. The van der Waals surface area contributed by atoms with Crippen molar-refractivity contribution in [3.8, 4) is 16.9 Å². The summed E-state index contributed by atoms with van der Waals surface area (Å²) >= 11 is 0. The first kappa shape index (κ1) is 21.3. The third kappa shape index (κ3) is 5.03. The average Bonchev–Trinajstić information content (AvgIpc) is 3.15. The van der Waals surface area contributed by atoms with Gasteiger partial charge in [-0.25, -0.2) is 4.39 Å². The van der Waals surface area contributed by atoms with Gasteiger partial charge in [0.25, 0.3) is 5.91 Å². The van der Waals surface area contributed by atoms with Crippen LogP contribution in [-0.4, -0.2) is 54.8 Å². The Labute approximate surface area is 182 Å². The number of rotatable bonds is 7. The summed E-state index contributed by atoms with van der Waals surface area (Å²) < 4.78 is 20.9. The van der Waals surface area contributed by atoms with Gasteiger partial charge in [0, 0.05) is 31.0 Å². The Bertz CT molecular complexity index is 1010. The molecule has 0 radical (unpaired) electrons. The lowest BCUT2D eigenvalue weighted by Crippen LogP contribution is -2.38. The minimum absolute atomic E-state index is 0.0856. The van der Waals surface area contributed by atoms with Crippen LogP contribution in [0, 0.1) is 12.7 Å². The lowest BCUT2D eigenvalue weighted by molar-refractivity contribution is 0.0374. The Morgan fingerprint density at radius 2 is 1.77 bits per heavy atom. The van der Waals surface area contributed by atoms with E-state index in [4.69, 9.17) is 4.74 Å². The second-order valence-corrected chi connectivity index (χ2v) is 7.77. The lowest BCUT2D eigenvalue weighted by atomic mass is 10.1. The summed E-state index contributed by atoms with van der Waals surface area (Å²) in [6, 6.07) is 18.2. The quantitative estimate of drug-likeness (QED) is 0.586. The third-order valence-corrected chi connectivity index (χ3v) is 5.69. The molecule has 0 spiro atoms. The molecule has 1 aromatic heterocycles. The van der Waals surface area contributed by atoms with Crippen LogP contribution in [0.3, 0.4) is 0 Å². The fourth-order valence-corrected chi connectivity index (χ4v) is 4.00. The van der Waals surface area contributed by atoms with Crippen molar-refractivity contribution in [1.29, 1.82) is 0 Å². The number of hydrogen-bond acceptors (Lipinski definition) is 3. The van der Waals surface area contributed by atoms with Crippen molar-refractivity contribution >= 4 is 5.91 Å². The smallest absolute Gasteiger partial charge is 0.253 e. The molecule has 1 aliphatic heterocycles. The van der Waals surface area contributed by atoms with Crippen molar-refractivity contribution in [3.05, 3.63) is 77.7 Å². The molecule has 1 amide bonds. The van der Waals surface area contributed by atoms with Gasteiger partial charge >= 0.3 is 0 Å². The van der Waals surface area contributed by atoms with Crippen molar-refractivity contribution in [2.24, 2.45) is 0 Å². The topological polar surface area (TPSA) is 46.5 Å². The summed E-state index contributed by atoms with van der Waals surface area (Å²) in [5.74, 6) is -0.367. The minimum Gasteiger partial charge on any atom is -0.379 e. The first-order valence-electron chi connectivity index (χ1n) is 10.8. The van der Waals surface area contributed by atoms with E-state index >= 15 is 0 Å². The number of carbonyl (C=O) groups is 1. The first-order valence-corrected chi connectivity index (χ1v) is 10.8. The molecule has 1 saturated heterocycles. The Kier molecular flexibility index (Phi) is 6.79. The van der Waals surface area contributed by atoms with Gasteiger partial charge in [-0.3, -0.25) is 9.69 Å². The van der Waals surface area contributed by atoms with E-state index < -0.39 is 0 Å². The molecule has 31 heavy (non-hydrogen) atoms. The molecule has 1 aliphatic rings. The second-order valence-electron chi connectivity index (χ2n) is 7.77. The molecule has 2 heterocycles. The fraction of sp³-hybridized carbons (Fsp3) is 0.320. The Morgan fingerprint density at radius 3 is 2.48 bits per heavy atom. The van der Waals surface area contributed by atoms with E-state index in [9.17, 15) is 9.18 Å². The predicted molar refractivity (Wildman–Crippen MR) is 120 cm³/mol. The minimum atomic E-state index is -0.281. The van der Waals surface area contributed by atoms with Gasteiger partial charge in [0.1, 0.15) is 5.82 Å². The summed E-state index contributed by atoms with van der Waals surface area (Å²) in [5, 5.41) is 3.06. The van der Waals surface area contributed by atoms with Gasteiger partial charge in [-0.15, -0.1) is 0 Å². The van der Waals surface area contributed by atoms with Crippen LogP contribution in [-0.2, 0) is 4.74 Å². The Hall–Kier alpha value is -2.96. The van der Waals surface area contributed by atoms with Crippen LogP contribution >= 0.6 is 0 Å². The summed E-state index contributed by atoms with van der Waals surface area (Å²) in [6.07, 6.45) is 0.898. The van der Waals surface area contributed by atoms with Gasteiger partial charge in [0.15, 0.2) is 0 Å². The van der Waals surface area contributed by atoms with Crippen molar-refractivity contribution in [1.82, 2.24) is 14.8 Å². The molecule has 3 aromatic rings. The van der Waals surface area contributed by atoms with E-state index in [1.54, 1.807) is 12.1 Å². The molecule has 6 heteroatoms. The normalized spacial score (nSPS) is 14.5. The second kappa shape index (κ2) is 9.90. The van der Waals surface area contributed by atoms with E-state index in [0.717, 1.165) is 61.9 Å². The molecule has 0 saturated carbocycles. The van der Waals surface area contributed by atoms with Crippen LogP contribution < -0.4 is 5.32 Å². The molecule has 162 valence electrons. The Morgan fingerprint density at radius 1 is 1.06 bits per heavy atom. The van der Waals surface area contributed by atoms with Crippen molar-refractivity contribution < 1.29 is 13.9 Å². The fourth-order valence-electron chi connectivity index (χ4n) is 4.00. The van der Waals surface area contributed by atoms with E-state index in [2.05, 4.69) is 14.8 Å². The molecule has 1 N–H and O–H groups in total. The highest BCUT2D eigenvalue weighted by Crippen LogP contribution is 2.29. The maximum absolute atomic E-state index is 13.5. The number of carbonyl (C=O) groups excluding carboxylic acids is 1. The summed E-state index contributed by atoms with van der Waals surface area (Å²) in [4.78, 5) is 15.3. The van der Waals surface area contributed by atoms with Crippen molar-refractivity contribution in [3.63, 3.8) is 0 Å². The van der Waals surface area contributed by atoms with E-state index in [-0.39, 0.29) is 11.7 Å². The zero-order chi connectivity index (χ0) is 21.6. The average molecular weight is 422 g/mol. The number of amides is 1. The molecule has 4 rings (SSSR count). The van der Waals surface area contributed by atoms with Crippen LogP contribution in [0.25, 0.3) is 16.9 Å². The van der Waals surface area contributed by atoms with Gasteiger partial charge in [-0.2, -0.15) is 0 Å². The third-order valence-electron chi connectivity index (χ3n) is 5.69. The molecule has 2 aromatic carbocycles. The molecule has 0 bridgehead atoms. The Balaban J connectivity index is 1.53. The van der Waals surface area contributed by atoms with Crippen LogP contribution in [0.4, 0.5) is 4.39 Å². The van der Waals surface area contributed by atoms with Gasteiger partial charge < -0.3 is 14.6 Å². The highest BCUT2D eigenvalue weighted by molar-refractivity contribution is 5.97. The number of morpholine rings is 1. The van der Waals surface area contributed by atoms with Crippen LogP contribution in [0.15, 0.2) is 60.7 Å². The maximum Gasteiger partial charge on any atom is 0.253 e. The molecule has 5 nitrogen and oxygen atoms in total. The zero-order valence-corrected chi connectivity index (χ0v) is 17.8. The van der Waals surface area contributed by atoms with Gasteiger partial charge in [-0.05, 0) is 67.9 Å². The number of halogens is 1. The summed E-state index contributed by atoms with van der Waals surface area (Å²) in [7, 11) is 0. The number of hydrogen-bond donors (Lipinski definition) is 1. The van der Waals surface area contributed by atoms with E-state index in [0.29, 0.717) is 12.1 Å². The maximum atomic E-state index is 13.5. The monoisotopic (exact) mass is 421 g/mol.